The molecule has 2 N–H and O–H groups in total. The number of amides is 1. The maximum Gasteiger partial charge on any atom is 0.255 e. The highest BCUT2D eigenvalue weighted by atomic mass is 127. The Bertz CT molecular complexity index is 1040. The molecule has 8 heteroatoms. The van der Waals surface area contributed by atoms with E-state index in [9.17, 15) is 4.79 Å². The number of benzene rings is 2. The van der Waals surface area contributed by atoms with Crippen molar-refractivity contribution in [3.8, 4) is 0 Å². The molecule has 3 aromatic rings. The average Bonchev–Trinajstić information content (AvgIpc) is 2.75. The van der Waals surface area contributed by atoms with E-state index >= 15 is 0 Å². The Morgan fingerprint density at radius 3 is 2.50 bits per heavy atom. The minimum absolute atomic E-state index is 0.133. The Labute approximate surface area is 189 Å². The SMILES string of the molecule is Cc1cc(N2CCOCC2)nc(Nc2ccc(NC(=O)c3cccc(I)c3)cc2)n1. The molecule has 1 amide bonds. The molecule has 1 aliphatic rings. The van der Waals surface area contributed by atoms with E-state index in [2.05, 4.69) is 48.1 Å². The predicted molar refractivity (Wildman–Crippen MR) is 127 cm³/mol. The van der Waals surface area contributed by atoms with Crippen molar-refractivity contribution in [3.63, 3.8) is 0 Å². The van der Waals surface area contributed by atoms with Gasteiger partial charge in [-0.3, -0.25) is 4.79 Å². The van der Waals surface area contributed by atoms with Crippen LogP contribution < -0.4 is 15.5 Å². The van der Waals surface area contributed by atoms with Crippen LogP contribution in [0.2, 0.25) is 0 Å². The number of ether oxygens (including phenoxy) is 1. The Balaban J connectivity index is 1.43. The number of aryl methyl sites for hydroxylation is 1. The number of anilines is 4. The molecule has 1 saturated heterocycles. The molecule has 0 unspecified atom stereocenters. The monoisotopic (exact) mass is 515 g/mol. The third kappa shape index (κ3) is 5.25. The van der Waals surface area contributed by atoms with Gasteiger partial charge in [0.1, 0.15) is 5.82 Å². The molecule has 0 bridgehead atoms. The van der Waals surface area contributed by atoms with Crippen molar-refractivity contribution in [2.24, 2.45) is 0 Å². The van der Waals surface area contributed by atoms with Gasteiger partial charge >= 0.3 is 0 Å². The summed E-state index contributed by atoms with van der Waals surface area (Å²) in [7, 11) is 0. The van der Waals surface area contributed by atoms with Crippen LogP contribution in [-0.4, -0.2) is 42.2 Å². The molecule has 30 heavy (non-hydrogen) atoms. The van der Waals surface area contributed by atoms with Crippen LogP contribution in [0, 0.1) is 10.5 Å². The molecule has 0 spiro atoms. The lowest BCUT2D eigenvalue weighted by Gasteiger charge is -2.28. The van der Waals surface area contributed by atoms with Gasteiger partial charge in [0.15, 0.2) is 0 Å². The summed E-state index contributed by atoms with van der Waals surface area (Å²) in [4.78, 5) is 23.7. The second kappa shape index (κ2) is 9.40. The lowest BCUT2D eigenvalue weighted by atomic mass is 10.2. The zero-order valence-corrected chi connectivity index (χ0v) is 18.7. The molecule has 1 aliphatic heterocycles. The minimum Gasteiger partial charge on any atom is -0.378 e. The lowest BCUT2D eigenvalue weighted by molar-refractivity contribution is 0.102. The van der Waals surface area contributed by atoms with Crippen LogP contribution in [0.25, 0.3) is 0 Å². The number of hydrogen-bond acceptors (Lipinski definition) is 6. The number of carbonyl (C=O) groups excluding carboxylic acids is 1. The molecular weight excluding hydrogens is 493 g/mol. The number of halogens is 1. The molecule has 7 nitrogen and oxygen atoms in total. The molecular formula is C22H22IN5O2. The normalized spacial score (nSPS) is 13.7. The summed E-state index contributed by atoms with van der Waals surface area (Å²) in [6, 6.07) is 17.0. The molecule has 154 valence electrons. The van der Waals surface area contributed by atoms with Gasteiger partial charge in [-0.25, -0.2) is 4.98 Å². The molecule has 0 radical (unpaired) electrons. The molecule has 0 atom stereocenters. The number of morpholine rings is 1. The third-order valence-electron chi connectivity index (χ3n) is 4.66. The van der Waals surface area contributed by atoms with Crippen molar-refractivity contribution in [1.29, 1.82) is 0 Å². The van der Waals surface area contributed by atoms with E-state index in [0.717, 1.165) is 39.5 Å². The molecule has 1 aromatic heterocycles. The number of hydrogen-bond donors (Lipinski definition) is 2. The van der Waals surface area contributed by atoms with Gasteiger partial charge in [0.25, 0.3) is 5.91 Å². The number of carbonyl (C=O) groups is 1. The standard InChI is InChI=1S/C22H22IN5O2/c1-15-13-20(28-9-11-30-12-10-28)27-22(24-15)26-19-7-5-18(6-8-19)25-21(29)16-3-2-4-17(23)14-16/h2-8,13-14H,9-12H2,1H3,(H,25,29)(H,24,26,27). The summed E-state index contributed by atoms with van der Waals surface area (Å²) in [6.07, 6.45) is 0. The third-order valence-corrected chi connectivity index (χ3v) is 5.33. The summed E-state index contributed by atoms with van der Waals surface area (Å²) in [5.74, 6) is 1.31. The van der Waals surface area contributed by atoms with Crippen molar-refractivity contribution in [2.75, 3.05) is 41.8 Å². The van der Waals surface area contributed by atoms with E-state index < -0.39 is 0 Å². The summed E-state index contributed by atoms with van der Waals surface area (Å²) in [5, 5.41) is 6.17. The average molecular weight is 515 g/mol. The maximum absolute atomic E-state index is 12.4. The molecule has 1 fully saturated rings. The van der Waals surface area contributed by atoms with Gasteiger partial charge in [0.2, 0.25) is 5.95 Å². The van der Waals surface area contributed by atoms with Crippen LogP contribution >= 0.6 is 22.6 Å². The zero-order valence-electron chi connectivity index (χ0n) is 16.6. The van der Waals surface area contributed by atoms with E-state index in [-0.39, 0.29) is 5.91 Å². The first-order chi connectivity index (χ1) is 14.6. The van der Waals surface area contributed by atoms with Crippen LogP contribution in [0.5, 0.6) is 0 Å². The summed E-state index contributed by atoms with van der Waals surface area (Å²) in [6.45, 7) is 5.03. The van der Waals surface area contributed by atoms with Crippen molar-refractivity contribution >= 4 is 51.6 Å². The smallest absolute Gasteiger partial charge is 0.255 e. The molecule has 0 saturated carbocycles. The second-order valence-electron chi connectivity index (χ2n) is 6.96. The Morgan fingerprint density at radius 1 is 1.03 bits per heavy atom. The summed E-state index contributed by atoms with van der Waals surface area (Å²) in [5.41, 5.74) is 3.10. The van der Waals surface area contributed by atoms with Gasteiger partial charge in [-0.2, -0.15) is 4.98 Å². The molecule has 4 rings (SSSR count). The summed E-state index contributed by atoms with van der Waals surface area (Å²) < 4.78 is 6.44. The van der Waals surface area contributed by atoms with E-state index in [4.69, 9.17) is 4.74 Å². The number of nitrogens with zero attached hydrogens (tertiary/aromatic N) is 3. The molecule has 2 heterocycles. The van der Waals surface area contributed by atoms with Crippen molar-refractivity contribution in [1.82, 2.24) is 9.97 Å². The number of nitrogens with one attached hydrogen (secondary N) is 2. The highest BCUT2D eigenvalue weighted by molar-refractivity contribution is 14.1. The highest BCUT2D eigenvalue weighted by Crippen LogP contribution is 2.21. The number of rotatable bonds is 5. The van der Waals surface area contributed by atoms with E-state index in [1.165, 1.54) is 0 Å². The second-order valence-corrected chi connectivity index (χ2v) is 8.20. The van der Waals surface area contributed by atoms with Crippen LogP contribution in [0.4, 0.5) is 23.1 Å². The van der Waals surface area contributed by atoms with Crippen LogP contribution in [0.15, 0.2) is 54.6 Å². The minimum atomic E-state index is -0.133. The van der Waals surface area contributed by atoms with E-state index in [1.54, 1.807) is 6.07 Å². The van der Waals surface area contributed by atoms with Gasteiger partial charge in [-0.05, 0) is 72.0 Å². The van der Waals surface area contributed by atoms with Gasteiger partial charge in [0, 0.05) is 45.4 Å². The Morgan fingerprint density at radius 2 is 1.77 bits per heavy atom. The van der Waals surface area contributed by atoms with Crippen molar-refractivity contribution in [2.45, 2.75) is 6.92 Å². The van der Waals surface area contributed by atoms with Gasteiger partial charge in [-0.1, -0.05) is 6.07 Å². The number of aromatic nitrogens is 2. The van der Waals surface area contributed by atoms with Crippen molar-refractivity contribution < 1.29 is 9.53 Å². The van der Waals surface area contributed by atoms with Crippen LogP contribution in [0.1, 0.15) is 16.1 Å². The fourth-order valence-corrected chi connectivity index (χ4v) is 3.70. The lowest BCUT2D eigenvalue weighted by Crippen LogP contribution is -2.36. The first kappa shape index (κ1) is 20.5. The van der Waals surface area contributed by atoms with Crippen molar-refractivity contribution in [3.05, 3.63) is 69.4 Å². The quantitative estimate of drug-likeness (QED) is 0.496. The highest BCUT2D eigenvalue weighted by Gasteiger charge is 2.14. The Hall–Kier alpha value is -2.72. The fraction of sp³-hybridized carbons (Fsp3) is 0.227. The van der Waals surface area contributed by atoms with Crippen LogP contribution in [0.3, 0.4) is 0 Å². The first-order valence-electron chi connectivity index (χ1n) is 9.69. The molecule has 2 aromatic carbocycles. The fourth-order valence-electron chi connectivity index (χ4n) is 3.16. The van der Waals surface area contributed by atoms with Gasteiger partial charge in [-0.15, -0.1) is 0 Å². The summed E-state index contributed by atoms with van der Waals surface area (Å²) >= 11 is 2.19. The Kier molecular flexibility index (Phi) is 6.44. The largest absolute Gasteiger partial charge is 0.378 e. The maximum atomic E-state index is 12.4. The first-order valence-corrected chi connectivity index (χ1v) is 10.8. The topological polar surface area (TPSA) is 79.4 Å². The zero-order chi connectivity index (χ0) is 20.9. The van der Waals surface area contributed by atoms with E-state index in [1.807, 2.05) is 55.5 Å². The van der Waals surface area contributed by atoms with Gasteiger partial charge in [0.05, 0.1) is 13.2 Å². The van der Waals surface area contributed by atoms with Gasteiger partial charge < -0.3 is 20.3 Å². The molecule has 0 aliphatic carbocycles. The predicted octanol–water partition coefficient (Wildman–Crippen LogP) is 4.22. The van der Waals surface area contributed by atoms with Crippen LogP contribution in [-0.2, 0) is 4.74 Å². The van der Waals surface area contributed by atoms with E-state index in [0.29, 0.717) is 24.7 Å².